The molecule has 0 saturated heterocycles. The summed E-state index contributed by atoms with van der Waals surface area (Å²) in [6.07, 6.45) is 1.41. The lowest BCUT2D eigenvalue weighted by molar-refractivity contribution is -0.146. The Bertz CT molecular complexity index is 1190. The molecule has 0 spiro atoms. The maximum absolute atomic E-state index is 12.8. The van der Waals surface area contributed by atoms with Gasteiger partial charge in [-0.1, -0.05) is 12.1 Å². The van der Waals surface area contributed by atoms with Crippen molar-refractivity contribution in [1.29, 1.82) is 0 Å². The summed E-state index contributed by atoms with van der Waals surface area (Å²) in [5, 5.41) is 23.2. The molecule has 1 amide bonds. The molecule has 1 aromatic rings. The normalized spacial score (nSPS) is 12.6. The first kappa shape index (κ1) is 27.4. The van der Waals surface area contributed by atoms with E-state index in [0.29, 0.717) is 11.4 Å². The Hall–Kier alpha value is -4.19. The number of hydrogen-bond donors (Lipinski definition) is 4. The number of aromatic hydroxyl groups is 1. The van der Waals surface area contributed by atoms with Crippen molar-refractivity contribution in [3.63, 3.8) is 0 Å². The molecule has 0 saturated carbocycles. The summed E-state index contributed by atoms with van der Waals surface area (Å²) in [4.78, 5) is 45.0. The number of aliphatic hydroxyl groups is 1. The Morgan fingerprint density at radius 3 is 2.49 bits per heavy atom. The highest BCUT2D eigenvalue weighted by atomic mass is 16.5. The Kier molecular flexibility index (Phi) is 9.39. The highest BCUT2D eigenvalue weighted by molar-refractivity contribution is 5.96. The summed E-state index contributed by atoms with van der Waals surface area (Å²) >= 11 is 0. The first-order chi connectivity index (χ1) is 17.8. The number of aliphatic hydroxyl groups excluding tert-OH is 1. The van der Waals surface area contributed by atoms with Crippen molar-refractivity contribution in [3.8, 4) is 17.3 Å². The maximum Gasteiger partial charge on any atom is 0.328 e. The van der Waals surface area contributed by atoms with Crippen LogP contribution >= 0.6 is 0 Å². The van der Waals surface area contributed by atoms with Crippen molar-refractivity contribution in [2.45, 2.75) is 45.2 Å². The molecule has 198 valence electrons. The molecule has 2 heterocycles. The quantitative estimate of drug-likeness (QED) is 0.259. The van der Waals surface area contributed by atoms with Gasteiger partial charge in [-0.3, -0.25) is 9.59 Å². The lowest BCUT2D eigenvalue weighted by atomic mass is 9.98. The molecule has 0 aliphatic carbocycles. The van der Waals surface area contributed by atoms with Crippen LogP contribution in [0, 0.1) is 0 Å². The average Bonchev–Trinajstić information content (AvgIpc) is 3.27. The number of fused-ring (bicyclic) bond motifs is 1. The maximum atomic E-state index is 12.8. The summed E-state index contributed by atoms with van der Waals surface area (Å²) < 4.78 is 11.4. The number of anilines is 1. The van der Waals surface area contributed by atoms with E-state index < -0.39 is 29.8 Å². The van der Waals surface area contributed by atoms with E-state index >= 15 is 0 Å². The van der Waals surface area contributed by atoms with Crippen LogP contribution in [0.5, 0.6) is 5.88 Å². The van der Waals surface area contributed by atoms with Crippen LogP contribution in [0.4, 0.5) is 5.82 Å². The molecule has 3 rings (SSSR count). The minimum atomic E-state index is -1.01. The molecular weight excluding hydrogens is 482 g/mol. The van der Waals surface area contributed by atoms with Crippen LogP contribution in [-0.4, -0.2) is 68.5 Å². The average molecular weight is 514 g/mol. The topological polar surface area (TPSA) is 179 Å². The number of amides is 1. The van der Waals surface area contributed by atoms with Gasteiger partial charge in [-0.25, -0.2) is 14.8 Å². The minimum Gasteiger partial charge on any atom is -0.494 e. The lowest BCUT2D eigenvalue weighted by Crippen LogP contribution is -2.42. The lowest BCUT2D eigenvalue weighted by Gasteiger charge is -2.19. The number of ether oxygens (including phenoxy) is 2. The van der Waals surface area contributed by atoms with E-state index in [1.54, 1.807) is 38.1 Å². The number of rotatable bonds is 12. The van der Waals surface area contributed by atoms with E-state index in [1.807, 2.05) is 0 Å². The number of nitrogen functional groups attached to an aromatic ring is 1. The predicted octanol–water partition coefficient (Wildman–Crippen LogP) is 1.45. The van der Waals surface area contributed by atoms with Crippen molar-refractivity contribution in [2.24, 2.45) is 0 Å². The van der Waals surface area contributed by atoms with Gasteiger partial charge in [0.25, 0.3) is 5.91 Å². The standard InChI is InChI=1S/C25H31N5O7/c1-3-36-21(32)10-9-19(25(35)37-4-2)28-23(33)16-7-5-15(6-8-16)17(13-31)12-30-14-27-22-18(24(30)34)11-20(26)29-22/h5-8,11,14,17,19,31,34H,3-4,9-10,12-13,26H2,1-2H3,(H,28,33)/t17?,19-/m0/s1. The number of nitrogens with zero attached hydrogens (tertiary/aromatic N) is 3. The van der Waals surface area contributed by atoms with Crippen LogP contribution < -0.4 is 11.1 Å². The zero-order chi connectivity index (χ0) is 26.9. The fourth-order valence-corrected chi connectivity index (χ4v) is 3.80. The molecule has 0 radical (unpaired) electrons. The zero-order valence-corrected chi connectivity index (χ0v) is 20.7. The molecule has 37 heavy (non-hydrogen) atoms. The summed E-state index contributed by atoms with van der Waals surface area (Å²) in [6.45, 7) is 3.67. The molecule has 5 N–H and O–H groups in total. The van der Waals surface area contributed by atoms with Gasteiger partial charge in [-0.2, -0.15) is 0 Å². The van der Waals surface area contributed by atoms with Crippen LogP contribution in [0.1, 0.15) is 48.5 Å². The molecule has 0 fully saturated rings. The van der Waals surface area contributed by atoms with Crippen molar-refractivity contribution in [2.75, 3.05) is 25.6 Å². The summed E-state index contributed by atoms with van der Waals surface area (Å²) in [7, 11) is 0. The van der Waals surface area contributed by atoms with Crippen LogP contribution in [0.25, 0.3) is 11.4 Å². The third-order valence-electron chi connectivity index (χ3n) is 5.70. The third kappa shape index (κ3) is 6.94. The van der Waals surface area contributed by atoms with Crippen molar-refractivity contribution in [1.82, 2.24) is 19.9 Å². The molecule has 12 nitrogen and oxygen atoms in total. The minimum absolute atomic E-state index is 0.0394. The van der Waals surface area contributed by atoms with E-state index in [0.717, 1.165) is 5.56 Å². The Morgan fingerprint density at radius 1 is 1.14 bits per heavy atom. The van der Waals surface area contributed by atoms with Gasteiger partial charge in [0, 0.05) is 24.4 Å². The summed E-state index contributed by atoms with van der Waals surface area (Å²) in [6, 6.07) is 7.00. The number of carbonyl (C=O) groups excluding carboxylic acids is 3. The van der Waals surface area contributed by atoms with Gasteiger partial charge in [0.15, 0.2) is 5.82 Å². The predicted molar refractivity (Wildman–Crippen MR) is 133 cm³/mol. The van der Waals surface area contributed by atoms with E-state index in [2.05, 4.69) is 15.3 Å². The number of aromatic nitrogens is 3. The molecule has 0 aromatic heterocycles. The highest BCUT2D eigenvalue weighted by Gasteiger charge is 2.24. The van der Waals surface area contributed by atoms with E-state index in [9.17, 15) is 24.6 Å². The van der Waals surface area contributed by atoms with Gasteiger partial charge in [0.1, 0.15) is 11.9 Å². The Labute approximate surface area is 213 Å². The van der Waals surface area contributed by atoms with Gasteiger partial charge in [-0.05, 0) is 44.0 Å². The Balaban J connectivity index is 1.70. The van der Waals surface area contributed by atoms with Crippen LogP contribution in [0.2, 0.25) is 0 Å². The number of carbonyl (C=O) groups is 3. The van der Waals surface area contributed by atoms with E-state index in [1.165, 1.54) is 17.0 Å². The van der Waals surface area contributed by atoms with E-state index in [4.69, 9.17) is 15.2 Å². The molecule has 2 aliphatic rings. The van der Waals surface area contributed by atoms with E-state index in [-0.39, 0.29) is 56.5 Å². The van der Waals surface area contributed by atoms with Gasteiger partial charge in [0.2, 0.25) is 5.88 Å². The second-order valence-electron chi connectivity index (χ2n) is 8.26. The van der Waals surface area contributed by atoms with Crippen molar-refractivity contribution >= 4 is 23.7 Å². The highest BCUT2D eigenvalue weighted by Crippen LogP contribution is 2.32. The third-order valence-corrected chi connectivity index (χ3v) is 5.70. The fraction of sp³-hybridized carbons (Fsp3) is 0.400. The molecule has 2 aliphatic heterocycles. The summed E-state index contributed by atoms with van der Waals surface area (Å²) in [5.41, 5.74) is 7.08. The van der Waals surface area contributed by atoms with Gasteiger partial charge >= 0.3 is 11.9 Å². The first-order valence-electron chi connectivity index (χ1n) is 11.9. The molecule has 0 bridgehead atoms. The van der Waals surface area contributed by atoms with Gasteiger partial charge in [-0.15, -0.1) is 0 Å². The number of benzene rings is 1. The molecule has 1 unspecified atom stereocenters. The SMILES string of the molecule is CCOC(=O)CC[C@H](NC(=O)c1ccc(C(CO)Cn2cnc3nc(N)cc-3c2O)cc1)C(=O)OCC. The molecule has 12 heteroatoms. The number of nitrogens with two attached hydrogens (primary N) is 1. The monoisotopic (exact) mass is 513 g/mol. The second-order valence-corrected chi connectivity index (χ2v) is 8.26. The fourth-order valence-electron chi connectivity index (χ4n) is 3.80. The second kappa shape index (κ2) is 12.7. The van der Waals surface area contributed by atoms with Crippen LogP contribution in [0.3, 0.4) is 0 Å². The number of esters is 2. The molecule has 2 atom stereocenters. The van der Waals surface area contributed by atoms with Gasteiger partial charge < -0.3 is 35.3 Å². The van der Waals surface area contributed by atoms with Crippen molar-refractivity contribution in [3.05, 3.63) is 47.8 Å². The molecule has 1 aromatic carbocycles. The zero-order valence-electron chi connectivity index (χ0n) is 20.7. The van der Waals surface area contributed by atoms with Crippen molar-refractivity contribution < 1.29 is 34.1 Å². The molecular formula is C25H31N5O7. The first-order valence-corrected chi connectivity index (χ1v) is 11.9. The van der Waals surface area contributed by atoms with Crippen LogP contribution in [-0.2, 0) is 25.6 Å². The largest absolute Gasteiger partial charge is 0.494 e. The smallest absolute Gasteiger partial charge is 0.328 e. The number of hydrogen-bond acceptors (Lipinski definition) is 10. The van der Waals surface area contributed by atoms with Crippen LogP contribution in [0.15, 0.2) is 36.7 Å². The summed E-state index contributed by atoms with van der Waals surface area (Å²) in [5.74, 6) is -1.54. The Morgan fingerprint density at radius 2 is 1.84 bits per heavy atom. The number of nitrogens with one attached hydrogen (secondary N) is 1. The van der Waals surface area contributed by atoms with Gasteiger partial charge in [0.05, 0.1) is 31.7 Å².